The van der Waals surface area contributed by atoms with Gasteiger partial charge in [-0.25, -0.2) is 4.68 Å². The summed E-state index contributed by atoms with van der Waals surface area (Å²) >= 11 is 12.6. The lowest BCUT2D eigenvalue weighted by molar-refractivity contribution is -0.117. The summed E-state index contributed by atoms with van der Waals surface area (Å²) in [5.74, 6) is -0.388. The van der Waals surface area contributed by atoms with Crippen LogP contribution in [0.15, 0.2) is 29.8 Å². The number of para-hydroxylation sites is 1. The second-order valence-corrected chi connectivity index (χ2v) is 6.34. The number of rotatable bonds is 4. The number of benzene rings is 1. The highest BCUT2D eigenvalue weighted by atomic mass is 35.5. The smallest absolute Gasteiger partial charge is 0.262 e. The van der Waals surface area contributed by atoms with Crippen molar-refractivity contribution in [1.29, 1.82) is 5.26 Å². The van der Waals surface area contributed by atoms with Gasteiger partial charge < -0.3 is 5.32 Å². The molecule has 1 N–H and O–H groups in total. The normalized spacial score (nSPS) is 14.3. The van der Waals surface area contributed by atoms with Gasteiger partial charge in [-0.3, -0.25) is 4.79 Å². The van der Waals surface area contributed by atoms with Gasteiger partial charge in [0.2, 0.25) is 0 Å². The molecule has 0 atom stereocenters. The molecule has 0 radical (unpaired) electrons. The van der Waals surface area contributed by atoms with Gasteiger partial charge in [0.05, 0.1) is 16.4 Å². The number of nitrogens with one attached hydrogen (secondary N) is 1. The van der Waals surface area contributed by atoms with E-state index in [1.165, 1.54) is 10.8 Å². The molecule has 7 heteroatoms. The Morgan fingerprint density at radius 1 is 1.42 bits per heavy atom. The summed E-state index contributed by atoms with van der Waals surface area (Å²) < 4.78 is 1.50. The number of nitriles is 1. The van der Waals surface area contributed by atoms with Crippen LogP contribution >= 0.6 is 23.2 Å². The maximum absolute atomic E-state index is 12.1. The van der Waals surface area contributed by atoms with E-state index in [0.29, 0.717) is 27.1 Å². The lowest BCUT2D eigenvalue weighted by Crippen LogP contribution is -2.26. The first-order valence-electron chi connectivity index (χ1n) is 7.44. The first kappa shape index (κ1) is 16.6. The molecule has 24 heavy (non-hydrogen) atoms. The number of nitrogens with zero attached hydrogens (tertiary/aromatic N) is 3. The summed E-state index contributed by atoms with van der Waals surface area (Å²) in [6.45, 7) is 1.76. The summed E-state index contributed by atoms with van der Waals surface area (Å²) in [5.41, 5.74) is 1.77. The van der Waals surface area contributed by atoms with E-state index < -0.39 is 0 Å². The molecule has 0 bridgehead atoms. The molecule has 1 heterocycles. The fraction of sp³-hybridized carbons (Fsp3) is 0.235. The van der Waals surface area contributed by atoms with E-state index in [-0.39, 0.29) is 17.5 Å². The standard InChI is InChI=1S/C17H14Cl2N4O/c1-10-13(8-11(9-20)17(24)21-12-6-7-12)16(19)23(22-10)15-5-3-2-4-14(15)18/h2-5,8,12H,6-7H2,1H3,(H,21,24)/b11-8+. The number of aromatic nitrogens is 2. The first-order chi connectivity index (χ1) is 11.5. The van der Waals surface area contributed by atoms with Crippen LogP contribution in [0, 0.1) is 18.3 Å². The monoisotopic (exact) mass is 360 g/mol. The second-order valence-electron chi connectivity index (χ2n) is 5.57. The number of carbonyl (C=O) groups is 1. The quantitative estimate of drug-likeness (QED) is 0.667. The zero-order chi connectivity index (χ0) is 17.3. The SMILES string of the molecule is Cc1nn(-c2ccccc2Cl)c(Cl)c1/C=C(\C#N)C(=O)NC1CC1. The average Bonchev–Trinajstić information content (AvgIpc) is 3.32. The molecule has 0 spiro atoms. The van der Waals surface area contributed by atoms with Crippen molar-refractivity contribution in [2.45, 2.75) is 25.8 Å². The van der Waals surface area contributed by atoms with Crippen molar-refractivity contribution in [3.8, 4) is 11.8 Å². The Morgan fingerprint density at radius 3 is 2.75 bits per heavy atom. The molecule has 1 aliphatic carbocycles. The predicted octanol–water partition coefficient (Wildman–Crippen LogP) is 3.67. The van der Waals surface area contributed by atoms with E-state index in [2.05, 4.69) is 10.4 Å². The molecule has 1 aromatic carbocycles. The van der Waals surface area contributed by atoms with Crippen molar-refractivity contribution in [2.75, 3.05) is 0 Å². The number of hydrogen-bond donors (Lipinski definition) is 1. The fourth-order valence-electron chi connectivity index (χ4n) is 2.24. The zero-order valence-corrected chi connectivity index (χ0v) is 14.4. The van der Waals surface area contributed by atoms with Gasteiger partial charge in [-0.2, -0.15) is 10.4 Å². The van der Waals surface area contributed by atoms with E-state index in [9.17, 15) is 10.1 Å². The topological polar surface area (TPSA) is 70.7 Å². The highest BCUT2D eigenvalue weighted by Gasteiger charge is 2.25. The number of carbonyl (C=O) groups excluding carboxylic acids is 1. The van der Waals surface area contributed by atoms with Crippen LogP contribution in [0.4, 0.5) is 0 Å². The number of amides is 1. The van der Waals surface area contributed by atoms with Crippen LogP contribution < -0.4 is 5.32 Å². The van der Waals surface area contributed by atoms with Crippen LogP contribution in [-0.4, -0.2) is 21.7 Å². The third-order valence-corrected chi connectivity index (χ3v) is 4.38. The van der Waals surface area contributed by atoms with Gasteiger partial charge in [-0.05, 0) is 38.0 Å². The molecule has 0 aliphatic heterocycles. The summed E-state index contributed by atoms with van der Waals surface area (Å²) in [6.07, 6.45) is 3.37. The third-order valence-electron chi connectivity index (χ3n) is 3.69. The summed E-state index contributed by atoms with van der Waals surface area (Å²) in [7, 11) is 0. The summed E-state index contributed by atoms with van der Waals surface area (Å²) in [6, 6.07) is 9.27. The molecule has 3 rings (SSSR count). The van der Waals surface area contributed by atoms with Crippen molar-refractivity contribution in [2.24, 2.45) is 0 Å². The van der Waals surface area contributed by atoms with Gasteiger partial charge >= 0.3 is 0 Å². The average molecular weight is 361 g/mol. The molecular weight excluding hydrogens is 347 g/mol. The molecule has 1 aromatic heterocycles. The van der Waals surface area contributed by atoms with Gasteiger partial charge in [-0.15, -0.1) is 0 Å². The second kappa shape index (κ2) is 6.68. The summed E-state index contributed by atoms with van der Waals surface area (Å²) in [4.78, 5) is 12.1. The molecule has 1 fully saturated rings. The highest BCUT2D eigenvalue weighted by Crippen LogP contribution is 2.29. The van der Waals surface area contributed by atoms with Crippen LogP contribution in [0.25, 0.3) is 11.8 Å². The summed E-state index contributed by atoms with van der Waals surface area (Å²) in [5, 5.41) is 17.2. The predicted molar refractivity (Wildman–Crippen MR) is 93.1 cm³/mol. The lowest BCUT2D eigenvalue weighted by Gasteiger charge is -2.05. The Labute approximate surface area is 149 Å². The van der Waals surface area contributed by atoms with Gasteiger partial charge in [-0.1, -0.05) is 35.3 Å². The molecular formula is C17H14Cl2N4O. The molecule has 5 nitrogen and oxygen atoms in total. The first-order valence-corrected chi connectivity index (χ1v) is 8.19. The van der Waals surface area contributed by atoms with E-state index in [1.807, 2.05) is 18.2 Å². The van der Waals surface area contributed by atoms with Crippen LogP contribution in [0.2, 0.25) is 10.2 Å². The Balaban J connectivity index is 2.00. The minimum atomic E-state index is -0.388. The lowest BCUT2D eigenvalue weighted by atomic mass is 10.1. The van der Waals surface area contributed by atoms with E-state index in [1.54, 1.807) is 19.1 Å². The number of halogens is 2. The minimum absolute atomic E-state index is 0.00519. The van der Waals surface area contributed by atoms with Crippen molar-refractivity contribution in [3.05, 3.63) is 51.3 Å². The Morgan fingerprint density at radius 2 is 2.12 bits per heavy atom. The van der Waals surface area contributed by atoms with Crippen LogP contribution in [0.3, 0.4) is 0 Å². The third kappa shape index (κ3) is 3.30. The Kier molecular flexibility index (Phi) is 4.61. The molecule has 1 saturated carbocycles. The molecule has 1 amide bonds. The van der Waals surface area contributed by atoms with Gasteiger partial charge in [0.25, 0.3) is 5.91 Å². The van der Waals surface area contributed by atoms with E-state index in [4.69, 9.17) is 23.2 Å². The molecule has 122 valence electrons. The zero-order valence-electron chi connectivity index (χ0n) is 12.9. The van der Waals surface area contributed by atoms with E-state index in [0.717, 1.165) is 12.8 Å². The molecule has 1 aliphatic rings. The van der Waals surface area contributed by atoms with Gasteiger partial charge in [0.1, 0.15) is 16.8 Å². The molecule has 0 saturated heterocycles. The highest BCUT2D eigenvalue weighted by molar-refractivity contribution is 6.33. The number of aryl methyl sites for hydroxylation is 1. The fourth-order valence-corrected chi connectivity index (χ4v) is 2.78. The van der Waals surface area contributed by atoms with E-state index >= 15 is 0 Å². The van der Waals surface area contributed by atoms with Crippen molar-refractivity contribution in [3.63, 3.8) is 0 Å². The minimum Gasteiger partial charge on any atom is -0.349 e. The van der Waals surface area contributed by atoms with Crippen LogP contribution in [-0.2, 0) is 4.79 Å². The largest absolute Gasteiger partial charge is 0.349 e. The van der Waals surface area contributed by atoms with Crippen molar-refractivity contribution >= 4 is 35.2 Å². The Hall–Kier alpha value is -2.29. The maximum Gasteiger partial charge on any atom is 0.262 e. The van der Waals surface area contributed by atoms with Crippen LogP contribution in [0.1, 0.15) is 24.1 Å². The molecule has 0 unspecified atom stereocenters. The Bertz CT molecular complexity index is 875. The maximum atomic E-state index is 12.1. The van der Waals surface area contributed by atoms with Crippen LogP contribution in [0.5, 0.6) is 0 Å². The van der Waals surface area contributed by atoms with Gasteiger partial charge in [0.15, 0.2) is 0 Å². The molecule has 2 aromatic rings. The van der Waals surface area contributed by atoms with Crippen molar-refractivity contribution < 1.29 is 4.79 Å². The number of hydrogen-bond acceptors (Lipinski definition) is 3. The van der Waals surface area contributed by atoms with Gasteiger partial charge in [0, 0.05) is 11.6 Å². The van der Waals surface area contributed by atoms with Crippen molar-refractivity contribution in [1.82, 2.24) is 15.1 Å².